The highest BCUT2D eigenvalue weighted by molar-refractivity contribution is 5.41. The Morgan fingerprint density at radius 1 is 1.12 bits per heavy atom. The van der Waals surface area contributed by atoms with Crippen molar-refractivity contribution in [3.8, 4) is 5.69 Å². The zero-order valence-corrected chi connectivity index (χ0v) is 14.4. The van der Waals surface area contributed by atoms with Gasteiger partial charge in [0.05, 0.1) is 23.1 Å². The zero-order chi connectivity index (χ0) is 18.0. The van der Waals surface area contributed by atoms with Crippen LogP contribution in [0.4, 0.5) is 13.2 Å². The molecule has 0 saturated carbocycles. The smallest absolute Gasteiger partial charge is 0.305 e. The lowest BCUT2D eigenvalue weighted by Crippen LogP contribution is -2.29. The number of halogens is 3. The van der Waals surface area contributed by atoms with Crippen LogP contribution in [0.15, 0.2) is 24.4 Å². The minimum absolute atomic E-state index is 0.202. The van der Waals surface area contributed by atoms with Gasteiger partial charge in [0, 0.05) is 19.6 Å². The van der Waals surface area contributed by atoms with E-state index in [9.17, 15) is 13.2 Å². The van der Waals surface area contributed by atoms with Crippen LogP contribution >= 0.6 is 0 Å². The minimum Gasteiger partial charge on any atom is -0.305 e. The molecule has 2 aromatic rings. The van der Waals surface area contributed by atoms with Crippen molar-refractivity contribution in [3.05, 3.63) is 41.2 Å². The van der Waals surface area contributed by atoms with Crippen LogP contribution in [0, 0.1) is 6.92 Å². The monoisotopic (exact) mass is 353 g/mol. The molecule has 3 rings (SSSR count). The van der Waals surface area contributed by atoms with Gasteiger partial charge < -0.3 is 4.90 Å². The molecule has 1 aliphatic heterocycles. The molecule has 0 N–H and O–H groups in total. The summed E-state index contributed by atoms with van der Waals surface area (Å²) in [6.45, 7) is 5.99. The standard InChI is InChI=1S/C17H22F3N5/c1-13-4-5-14(10-16(13)17(18,19)20)25-15(11-21-22-25)12-24-7-3-6-23(2)8-9-24/h4-5,10-11H,3,6-9,12H2,1-2H3. The molecule has 0 radical (unpaired) electrons. The van der Waals surface area contributed by atoms with Crippen LogP contribution in [0.1, 0.15) is 23.2 Å². The molecular formula is C17H22F3N5. The van der Waals surface area contributed by atoms with Gasteiger partial charge in [-0.25, -0.2) is 4.68 Å². The summed E-state index contributed by atoms with van der Waals surface area (Å²) in [5.41, 5.74) is 0.746. The first kappa shape index (κ1) is 17.9. The number of hydrogen-bond donors (Lipinski definition) is 0. The fourth-order valence-electron chi connectivity index (χ4n) is 3.12. The molecule has 1 saturated heterocycles. The summed E-state index contributed by atoms with van der Waals surface area (Å²) < 4.78 is 41.0. The molecule has 0 atom stereocenters. The Bertz CT molecular complexity index is 725. The summed E-state index contributed by atoms with van der Waals surface area (Å²) in [6.07, 6.45) is -1.68. The number of nitrogens with zero attached hydrogens (tertiary/aromatic N) is 5. The molecule has 25 heavy (non-hydrogen) atoms. The van der Waals surface area contributed by atoms with E-state index in [1.807, 2.05) is 0 Å². The van der Waals surface area contributed by atoms with Crippen molar-refractivity contribution in [2.45, 2.75) is 26.1 Å². The van der Waals surface area contributed by atoms with Gasteiger partial charge in [0.2, 0.25) is 0 Å². The quantitative estimate of drug-likeness (QED) is 0.850. The van der Waals surface area contributed by atoms with Crippen LogP contribution in [-0.4, -0.2) is 58.0 Å². The third kappa shape index (κ3) is 4.19. The summed E-state index contributed by atoms with van der Waals surface area (Å²) in [7, 11) is 2.10. The van der Waals surface area contributed by atoms with E-state index in [0.29, 0.717) is 12.2 Å². The maximum Gasteiger partial charge on any atom is 0.416 e. The Morgan fingerprint density at radius 3 is 2.68 bits per heavy atom. The maximum atomic E-state index is 13.2. The molecule has 0 amide bonds. The Balaban J connectivity index is 1.84. The summed E-state index contributed by atoms with van der Waals surface area (Å²) in [4.78, 5) is 4.57. The van der Waals surface area contributed by atoms with E-state index >= 15 is 0 Å². The topological polar surface area (TPSA) is 37.2 Å². The van der Waals surface area contributed by atoms with Crippen LogP contribution < -0.4 is 0 Å². The molecule has 2 heterocycles. The normalized spacial score (nSPS) is 17.6. The number of benzene rings is 1. The largest absolute Gasteiger partial charge is 0.416 e. The minimum atomic E-state index is -4.38. The van der Waals surface area contributed by atoms with E-state index in [1.165, 1.54) is 17.7 Å². The maximum absolute atomic E-state index is 13.2. The Labute approximate surface area is 145 Å². The predicted molar refractivity (Wildman–Crippen MR) is 88.5 cm³/mol. The summed E-state index contributed by atoms with van der Waals surface area (Å²) in [6, 6.07) is 4.27. The number of alkyl halides is 3. The van der Waals surface area contributed by atoms with E-state index < -0.39 is 11.7 Å². The van der Waals surface area contributed by atoms with Gasteiger partial charge in [0.25, 0.3) is 0 Å². The number of hydrogen-bond acceptors (Lipinski definition) is 4. The highest BCUT2D eigenvalue weighted by Crippen LogP contribution is 2.33. The summed E-state index contributed by atoms with van der Waals surface area (Å²) in [5, 5.41) is 7.92. The average molecular weight is 353 g/mol. The Kier molecular flexibility index (Phi) is 5.10. The van der Waals surface area contributed by atoms with Crippen LogP contribution in [0.3, 0.4) is 0 Å². The van der Waals surface area contributed by atoms with Gasteiger partial charge in [-0.3, -0.25) is 4.90 Å². The van der Waals surface area contributed by atoms with Crippen LogP contribution in [0.5, 0.6) is 0 Å². The van der Waals surface area contributed by atoms with E-state index in [0.717, 1.165) is 44.4 Å². The molecule has 5 nitrogen and oxygen atoms in total. The van der Waals surface area contributed by atoms with Crippen molar-refractivity contribution in [1.29, 1.82) is 0 Å². The van der Waals surface area contributed by atoms with E-state index in [-0.39, 0.29) is 5.56 Å². The predicted octanol–water partition coefficient (Wildman–Crippen LogP) is 2.73. The van der Waals surface area contributed by atoms with Crippen molar-refractivity contribution in [2.24, 2.45) is 0 Å². The second kappa shape index (κ2) is 7.13. The van der Waals surface area contributed by atoms with Gasteiger partial charge in [0.15, 0.2) is 0 Å². The van der Waals surface area contributed by atoms with Crippen molar-refractivity contribution >= 4 is 0 Å². The second-order valence-electron chi connectivity index (χ2n) is 6.57. The van der Waals surface area contributed by atoms with Gasteiger partial charge in [-0.1, -0.05) is 11.3 Å². The van der Waals surface area contributed by atoms with Crippen molar-refractivity contribution < 1.29 is 13.2 Å². The number of aryl methyl sites for hydroxylation is 1. The molecule has 1 aromatic heterocycles. The van der Waals surface area contributed by atoms with E-state index in [4.69, 9.17) is 0 Å². The molecule has 0 aliphatic carbocycles. The molecule has 0 spiro atoms. The first-order valence-electron chi connectivity index (χ1n) is 8.33. The molecular weight excluding hydrogens is 331 g/mol. The van der Waals surface area contributed by atoms with Gasteiger partial charge in [0.1, 0.15) is 0 Å². The number of rotatable bonds is 3. The third-order valence-electron chi connectivity index (χ3n) is 4.59. The fourth-order valence-corrected chi connectivity index (χ4v) is 3.12. The van der Waals surface area contributed by atoms with Crippen molar-refractivity contribution in [3.63, 3.8) is 0 Å². The van der Waals surface area contributed by atoms with Crippen LogP contribution in [0.25, 0.3) is 5.69 Å². The van der Waals surface area contributed by atoms with Gasteiger partial charge in [-0.2, -0.15) is 13.2 Å². The average Bonchev–Trinajstić information content (AvgIpc) is 2.90. The van der Waals surface area contributed by atoms with Gasteiger partial charge >= 0.3 is 6.18 Å². The zero-order valence-electron chi connectivity index (χ0n) is 14.4. The van der Waals surface area contributed by atoms with Crippen LogP contribution in [-0.2, 0) is 12.7 Å². The van der Waals surface area contributed by atoms with E-state index in [2.05, 4.69) is 27.2 Å². The molecule has 1 aliphatic rings. The second-order valence-corrected chi connectivity index (χ2v) is 6.57. The molecule has 136 valence electrons. The lowest BCUT2D eigenvalue weighted by Gasteiger charge is -2.20. The fraction of sp³-hybridized carbons (Fsp3) is 0.529. The Hall–Kier alpha value is -1.93. The number of likely N-dealkylation sites (N-methyl/N-ethyl adjacent to an activating group) is 1. The highest BCUT2D eigenvalue weighted by atomic mass is 19.4. The lowest BCUT2D eigenvalue weighted by atomic mass is 10.1. The van der Waals surface area contributed by atoms with Crippen molar-refractivity contribution in [2.75, 3.05) is 33.2 Å². The SMILES string of the molecule is Cc1ccc(-n2nncc2CN2CCCN(C)CC2)cc1C(F)(F)F. The first-order chi connectivity index (χ1) is 11.8. The highest BCUT2D eigenvalue weighted by Gasteiger charge is 2.32. The van der Waals surface area contributed by atoms with Gasteiger partial charge in [-0.15, -0.1) is 5.10 Å². The van der Waals surface area contributed by atoms with Crippen molar-refractivity contribution in [1.82, 2.24) is 24.8 Å². The first-order valence-corrected chi connectivity index (χ1v) is 8.33. The van der Waals surface area contributed by atoms with Crippen LogP contribution in [0.2, 0.25) is 0 Å². The summed E-state index contributed by atoms with van der Waals surface area (Å²) in [5.74, 6) is 0. The van der Waals surface area contributed by atoms with E-state index in [1.54, 1.807) is 12.3 Å². The number of aromatic nitrogens is 3. The molecule has 1 fully saturated rings. The molecule has 0 bridgehead atoms. The third-order valence-corrected chi connectivity index (χ3v) is 4.59. The van der Waals surface area contributed by atoms with Gasteiger partial charge in [-0.05, 0) is 51.2 Å². The molecule has 1 aromatic carbocycles. The Morgan fingerprint density at radius 2 is 1.92 bits per heavy atom. The lowest BCUT2D eigenvalue weighted by molar-refractivity contribution is -0.138. The molecule has 0 unspecified atom stereocenters. The molecule has 8 heteroatoms. The summed E-state index contributed by atoms with van der Waals surface area (Å²) >= 11 is 0.